The van der Waals surface area contributed by atoms with Crippen LogP contribution in [0.1, 0.15) is 95.7 Å². The highest BCUT2D eigenvalue weighted by Crippen LogP contribution is 2.37. The molecule has 0 aliphatic carbocycles. The van der Waals surface area contributed by atoms with Gasteiger partial charge in [-0.15, -0.1) is 0 Å². The Kier molecular flexibility index (Phi) is 23.2. The molecule has 6 rings (SSSR count). The van der Waals surface area contributed by atoms with Gasteiger partial charge in [0.15, 0.2) is 12.4 Å². The van der Waals surface area contributed by atoms with Crippen LogP contribution in [0.2, 0.25) is 0 Å². The number of likely N-dealkylation sites (N-methyl/N-ethyl adjacent to an activating group) is 1. The van der Waals surface area contributed by atoms with Crippen LogP contribution in [0.5, 0.6) is 5.75 Å². The van der Waals surface area contributed by atoms with E-state index in [0.717, 1.165) is 35.1 Å². The smallest absolute Gasteiger partial charge is 0.333 e. The second kappa shape index (κ2) is 27.9. The third-order valence-corrected chi connectivity index (χ3v) is 11.8. The Hall–Kier alpha value is -6.13. The minimum absolute atomic E-state index is 0.0249. The molecule has 4 aromatic rings. The number of benzene rings is 2. The van der Waals surface area contributed by atoms with Crippen LogP contribution in [0, 0.1) is 5.92 Å². The number of hydrogen-bond acceptors (Lipinski definition) is 16. The van der Waals surface area contributed by atoms with Gasteiger partial charge in [0, 0.05) is 54.2 Å². The van der Waals surface area contributed by atoms with E-state index in [2.05, 4.69) is 61.1 Å². The van der Waals surface area contributed by atoms with Crippen molar-refractivity contribution in [3.05, 3.63) is 86.7 Å². The van der Waals surface area contributed by atoms with Gasteiger partial charge in [-0.05, 0) is 82.5 Å². The van der Waals surface area contributed by atoms with Gasteiger partial charge in [-0.1, -0.05) is 52.0 Å². The average molecular weight is 979 g/mol. The Bertz CT molecular complexity index is 2440. The van der Waals surface area contributed by atoms with Crippen LogP contribution in [-0.2, 0) is 64.4 Å². The van der Waals surface area contributed by atoms with Crippen LogP contribution in [0.15, 0.2) is 53.3 Å². The molecule has 8 N–H and O–H groups in total. The Morgan fingerprint density at radius 3 is 2.27 bits per heavy atom. The molecule has 5 unspecified atom stereocenters. The highest BCUT2D eigenvalue weighted by Gasteiger charge is 2.41. The minimum Gasteiger partial charge on any atom is -0.479 e. The molecule has 7 atom stereocenters. The quantitative estimate of drug-likeness (QED) is 0.0583. The molecule has 20 nitrogen and oxygen atoms in total. The van der Waals surface area contributed by atoms with Crippen molar-refractivity contribution >= 4 is 47.6 Å². The number of aliphatic carboxylic acids is 1. The maximum atomic E-state index is 13.3. The number of amides is 2. The number of ether oxygens (including phenoxy) is 4. The number of carboxylic acid groups (broad SMARTS) is 1. The summed E-state index contributed by atoms with van der Waals surface area (Å²) in [7, 11) is 3.60. The predicted molar refractivity (Wildman–Crippen MR) is 262 cm³/mol. The summed E-state index contributed by atoms with van der Waals surface area (Å²) in [5.74, 6) is -1.34. The van der Waals surface area contributed by atoms with Crippen LogP contribution in [0.3, 0.4) is 0 Å². The van der Waals surface area contributed by atoms with E-state index in [9.17, 15) is 44.1 Å². The fourth-order valence-corrected chi connectivity index (χ4v) is 7.01. The number of aliphatic hydroxyl groups is 3. The number of carbonyl (C=O) groups excluding carboxylic acids is 4. The molecule has 2 aromatic carbocycles. The first-order valence-electron chi connectivity index (χ1n) is 23.1. The average Bonchev–Trinajstić information content (AvgIpc) is 3.71. The number of rotatable bonds is 19. The van der Waals surface area contributed by atoms with E-state index in [1.165, 1.54) is 37.8 Å². The molecule has 0 bridgehead atoms. The molecule has 0 spiro atoms. The fourth-order valence-electron chi connectivity index (χ4n) is 7.01. The number of aldehydes is 1. The summed E-state index contributed by atoms with van der Waals surface area (Å²) in [5, 5.41) is 45.4. The van der Waals surface area contributed by atoms with Crippen molar-refractivity contribution in [3.8, 4) is 17.1 Å². The molecule has 384 valence electrons. The second-order valence-electron chi connectivity index (χ2n) is 17.2. The summed E-state index contributed by atoms with van der Waals surface area (Å²) in [6, 6.07) is 14.0. The first-order chi connectivity index (χ1) is 33.3. The van der Waals surface area contributed by atoms with Gasteiger partial charge in [-0.3, -0.25) is 19.2 Å². The van der Waals surface area contributed by atoms with E-state index in [0.29, 0.717) is 54.1 Å². The molecule has 1 saturated heterocycles. The molecule has 2 aliphatic heterocycles. The van der Waals surface area contributed by atoms with Gasteiger partial charge in [0.2, 0.25) is 18.6 Å². The number of fused-ring (bicyclic) bond motifs is 4. The monoisotopic (exact) mass is 978 g/mol. The zero-order valence-corrected chi connectivity index (χ0v) is 41.6. The molecule has 2 aliphatic rings. The van der Waals surface area contributed by atoms with Gasteiger partial charge in [-0.2, -0.15) is 0 Å². The number of hydrogen-bond donors (Lipinski definition) is 7. The van der Waals surface area contributed by atoms with Crippen molar-refractivity contribution in [1.29, 1.82) is 0 Å². The number of methoxy groups -OCH3 is 1. The fraction of sp³-hybridized carbons (Fsp3) is 0.500. The number of para-hydroxylation sites is 1. The van der Waals surface area contributed by atoms with E-state index in [4.69, 9.17) is 30.0 Å². The summed E-state index contributed by atoms with van der Waals surface area (Å²) < 4.78 is 22.3. The van der Waals surface area contributed by atoms with Gasteiger partial charge >= 0.3 is 5.97 Å². The zero-order chi connectivity index (χ0) is 52.4. The third-order valence-electron chi connectivity index (χ3n) is 11.8. The summed E-state index contributed by atoms with van der Waals surface area (Å²) in [6.07, 6.45) is -6.04. The van der Waals surface area contributed by atoms with Gasteiger partial charge in [0.05, 0.1) is 41.8 Å². The van der Waals surface area contributed by atoms with Crippen LogP contribution < -0.4 is 26.7 Å². The zero-order valence-electron chi connectivity index (χ0n) is 41.6. The molecular weight excluding hydrogens is 909 g/mol. The first-order valence-corrected chi connectivity index (χ1v) is 23.1. The molecule has 4 heterocycles. The highest BCUT2D eigenvalue weighted by molar-refractivity contribution is 5.96. The van der Waals surface area contributed by atoms with Crippen LogP contribution >= 0.6 is 0 Å². The molecular formula is C50H70N6O14. The molecule has 2 aromatic heterocycles. The van der Waals surface area contributed by atoms with Crippen molar-refractivity contribution < 1.29 is 63.3 Å². The number of anilines is 1. The summed E-state index contributed by atoms with van der Waals surface area (Å²) in [5.41, 5.74) is 10.8. The largest absolute Gasteiger partial charge is 0.479 e. The number of carbonyl (C=O) groups is 5. The maximum absolute atomic E-state index is 13.3. The Morgan fingerprint density at radius 1 is 1.01 bits per heavy atom. The summed E-state index contributed by atoms with van der Waals surface area (Å²) >= 11 is 0. The van der Waals surface area contributed by atoms with E-state index in [1.54, 1.807) is 10.6 Å². The van der Waals surface area contributed by atoms with E-state index < -0.39 is 48.6 Å². The highest BCUT2D eigenvalue weighted by atomic mass is 16.7. The molecule has 20 heteroatoms. The number of aliphatic hydroxyl groups excluding tert-OH is 3. The summed E-state index contributed by atoms with van der Waals surface area (Å²) in [6.45, 7) is 17.5. The van der Waals surface area contributed by atoms with Crippen molar-refractivity contribution in [3.63, 3.8) is 0 Å². The number of carboxylic acids is 1. The van der Waals surface area contributed by atoms with Gasteiger partial charge in [0.1, 0.15) is 30.6 Å². The molecule has 70 heavy (non-hydrogen) atoms. The Balaban J connectivity index is 0.000000322. The standard InChI is InChI=1S/C25H29N3O4.C18H22N2O10.C5H13N.C2H6/c1-15(2)27(3)10-9-16-17-7-5-6-8-21(17)26-24-19(16)12-28-22(24)11-18(23(30)13-29)20(14-32-4)25(28)31;1-9(19-7-21)16(25)20-11-3-2-10(6-28-8-22)4-13(11)29-18-15(24)12(23)5-14(30-18)17(26)27;1-4(2)5(3)6;1-2/h5-8,11,13,15,23,30H,9-10,12,14H2,1-4H3;2-4,7-9,12,14-15,18,23-24H,5-6H2,1H3,(H,19,21)(H,20,25)(H,26,27);4-5H,6H2,1-3H3;1-2H3/t;9-,12?,14?,15+,18?;;/m.0../s1. The van der Waals surface area contributed by atoms with Crippen LogP contribution in [0.25, 0.3) is 22.3 Å². The van der Waals surface area contributed by atoms with E-state index in [1.807, 2.05) is 39.0 Å². The second-order valence-corrected chi connectivity index (χ2v) is 17.2. The number of nitrogens with zero attached hydrogens (tertiary/aromatic N) is 3. The van der Waals surface area contributed by atoms with Crippen molar-refractivity contribution in [2.45, 2.75) is 137 Å². The number of nitrogens with two attached hydrogens (primary N) is 1. The van der Waals surface area contributed by atoms with Crippen LogP contribution in [-0.4, -0.2) is 129 Å². The lowest BCUT2D eigenvalue weighted by molar-refractivity contribution is -0.238. The molecule has 0 saturated carbocycles. The lowest BCUT2D eigenvalue weighted by Gasteiger charge is -2.35. The Labute approximate surface area is 408 Å². The van der Waals surface area contributed by atoms with Gasteiger partial charge < -0.3 is 70.0 Å². The number of pyridine rings is 2. The van der Waals surface area contributed by atoms with Gasteiger partial charge in [0.25, 0.3) is 12.0 Å². The third kappa shape index (κ3) is 15.2. The Morgan fingerprint density at radius 2 is 1.69 bits per heavy atom. The SMILES string of the molecule is CC.CC(C)C(C)N.COCc1c(C(O)C=O)cc2n(c1=O)Cc1c-2nc2ccccc2c1CCN(C)C(C)C.C[C@H](NC=O)C(=O)Nc1ccc(COC=O)cc1OC1OC(C(=O)O)CC(O)[C@H]1O. The maximum Gasteiger partial charge on any atom is 0.333 e. The van der Waals surface area contributed by atoms with Crippen molar-refractivity contribution in [1.82, 2.24) is 19.8 Å². The molecule has 1 fully saturated rings. The normalized spacial score (nSPS) is 18.0. The minimum atomic E-state index is -1.56. The molecule has 2 amide bonds. The van der Waals surface area contributed by atoms with E-state index in [-0.39, 0.29) is 48.7 Å². The number of aromatic nitrogens is 2. The predicted octanol–water partition coefficient (Wildman–Crippen LogP) is 3.44. The lowest BCUT2D eigenvalue weighted by Crippen LogP contribution is -2.52. The first kappa shape index (κ1) is 58.2. The van der Waals surface area contributed by atoms with Crippen LogP contribution in [0.4, 0.5) is 5.69 Å². The summed E-state index contributed by atoms with van der Waals surface area (Å²) in [4.78, 5) is 76.2. The number of nitrogens with one attached hydrogen (secondary N) is 2. The van der Waals surface area contributed by atoms with Gasteiger partial charge in [-0.25, -0.2) is 9.78 Å². The van der Waals surface area contributed by atoms with Crippen molar-refractivity contribution in [2.24, 2.45) is 11.7 Å². The topological polar surface area (TPSA) is 291 Å². The van der Waals surface area contributed by atoms with E-state index >= 15 is 0 Å². The molecule has 0 radical (unpaired) electrons. The van der Waals surface area contributed by atoms with Crippen molar-refractivity contribution in [2.75, 3.05) is 26.0 Å². The lowest BCUT2D eigenvalue weighted by atomic mass is 9.97.